The third-order valence-electron chi connectivity index (χ3n) is 16.8. The van der Waals surface area contributed by atoms with Crippen LogP contribution < -0.4 is 67.8 Å². The topological polar surface area (TPSA) is 191 Å². The van der Waals surface area contributed by atoms with E-state index in [1.807, 2.05) is 48.5 Å². The second-order valence-electron chi connectivity index (χ2n) is 28.0. The second-order valence-corrected chi connectivity index (χ2v) is 61.9. The van der Waals surface area contributed by atoms with Crippen molar-refractivity contribution in [2.45, 2.75) is 176 Å². The average Bonchev–Trinajstić information content (AvgIpc) is 0.817. The standard InChI is InChI=1S/C16H25BrS3.C16H25S3.C12H16BrNO.C12H16NO.C7H5IO2.2C7H5O2.C6H4Br2.C6H4Br.CO2.5CH3.BrH.6FH.2Li.5Sn/c1-4-11-18-16(19-12-5-2,20-13-6-3)14-7-9-15(17)10-8-14;1-4-12-17-16(18-13-5-2,19-14-6-3)15-10-8-7-9-11-15;1-12(2)7-8-15-11(14-12)9-3-5-10(13)6-4-9;1-12(2)8-9-14-11(13-12)10-6-4-3-5-7-10;8-6-3-1-5(2-4-6)7(9)10;2*8-7(9)6-4-2-1-3-5-6;7-5-1-2-6(8)4-3-5;7-6-4-2-1-3-5-6;2-1-3;;;;;;;;;;;;;;;;;;;/h7-10H,4-6,11-13H2,1-3H3;8-11H,4-6,12-14H2,1-3H3;3-6,11,14H,7-8H2,1-2H3;4-7,11,13H,8-9H2,1-2H3;1-4H,(H,9,10);2*2-5H,(H,8,9);1-4H;2-5H;;5*1H3;7*1H;;;;;;;/q;;;;;;-1;;;;;;;;;;;;;;;;2*+1;;;;;+1/p-2. The fraction of sp³-hybridized carbons (Fsp3) is 0.389. The summed E-state index contributed by atoms with van der Waals surface area (Å²) in [4.78, 5) is 58.5. The molecule has 0 saturated carbocycles. The average molecular weight is 2980 g/mol. The summed E-state index contributed by atoms with van der Waals surface area (Å²) in [5.74, 6) is 4.55. The normalized spacial score (nSPS) is 12.9. The number of carboxylic acid groups (broad SMARTS) is 3. The number of carboxylic acids is 3. The molecule has 0 bridgehead atoms. The number of benzene rings is 9. The Kier molecular flexibility index (Phi) is 102. The first-order valence-electron chi connectivity index (χ1n) is 40.7. The third kappa shape index (κ3) is 68.2. The molecular formula is C95H125Br6F6ILi2N2O10S6Sn5. The zero-order valence-electron chi connectivity index (χ0n) is 78.5. The van der Waals surface area contributed by atoms with Gasteiger partial charge in [0.15, 0.2) is 0 Å². The van der Waals surface area contributed by atoms with Gasteiger partial charge in [0, 0.05) is 33.0 Å². The largest absolute Gasteiger partial charge is 1.00 e. The first-order valence-corrected chi connectivity index (χ1v) is 78.1. The first-order chi connectivity index (χ1) is 59.8. The van der Waals surface area contributed by atoms with Gasteiger partial charge in [0.25, 0.3) is 0 Å². The molecule has 38 heteroatoms. The van der Waals surface area contributed by atoms with Crippen molar-refractivity contribution < 1.29 is 115 Å². The van der Waals surface area contributed by atoms with Gasteiger partial charge in [-0.2, -0.15) is 39.9 Å². The van der Waals surface area contributed by atoms with Crippen LogP contribution in [0.3, 0.4) is 0 Å². The quantitative estimate of drug-likeness (QED) is 0.0114. The molecule has 4 N–H and O–H groups in total. The van der Waals surface area contributed by atoms with Gasteiger partial charge in [0.05, 0.1) is 12.2 Å². The van der Waals surface area contributed by atoms with Crippen LogP contribution in [0.5, 0.6) is 0 Å². The number of ether oxygens (including phenoxy) is 2. The van der Waals surface area contributed by atoms with Crippen molar-refractivity contribution in [3.8, 4) is 0 Å². The minimum Gasteiger partial charge on any atom is 1.00 e. The Balaban J connectivity index is -0.000000220. The number of aromatic carboxylic acids is 3. The van der Waals surface area contributed by atoms with Crippen LogP contribution in [0.1, 0.15) is 186 Å². The molecule has 2 heterocycles. The minimum atomic E-state index is -1.15. The van der Waals surface area contributed by atoms with Crippen LogP contribution in [0.2, 0.25) is 24.7 Å². The van der Waals surface area contributed by atoms with E-state index in [9.17, 15) is 19.5 Å². The zero-order valence-corrected chi connectivity index (χ0v) is 109. The summed E-state index contributed by atoms with van der Waals surface area (Å²) in [7, 11) is 0. The van der Waals surface area contributed by atoms with Crippen molar-refractivity contribution >= 4 is 327 Å². The molecule has 2 aliphatic heterocycles. The van der Waals surface area contributed by atoms with E-state index >= 15 is 0 Å². The van der Waals surface area contributed by atoms with Gasteiger partial charge in [-0.25, -0.2) is 4.79 Å². The molecule has 9 aromatic carbocycles. The van der Waals surface area contributed by atoms with Gasteiger partial charge in [-0.15, -0.1) is 40.8 Å². The molecule has 11 rings (SSSR count). The predicted molar refractivity (Wildman–Crippen MR) is 593 cm³/mol. The molecule has 0 spiro atoms. The van der Waals surface area contributed by atoms with Gasteiger partial charge in [0.2, 0.25) is 0 Å². The van der Waals surface area contributed by atoms with Crippen LogP contribution in [0.4, 0.5) is 28.2 Å². The monoisotopic (exact) mass is 2970 g/mol. The number of rotatable bonds is 29. The molecule has 10 radical (unpaired) electrons. The van der Waals surface area contributed by atoms with E-state index in [0.717, 1.165) is 47.5 Å². The van der Waals surface area contributed by atoms with E-state index in [1.165, 1.54) is 128 Å². The van der Waals surface area contributed by atoms with Crippen LogP contribution in [0.25, 0.3) is 0 Å². The maximum Gasteiger partial charge on any atom is 1.00 e. The fourth-order valence-corrected chi connectivity index (χ4v) is 27.3. The van der Waals surface area contributed by atoms with Gasteiger partial charge in [-0.3, -0.25) is 33.5 Å². The zero-order chi connectivity index (χ0) is 93.5. The van der Waals surface area contributed by atoms with E-state index in [1.54, 1.807) is 47.1 Å². The Labute approximate surface area is 951 Å². The number of nitrogens with one attached hydrogen (secondary N) is 2. The van der Waals surface area contributed by atoms with Crippen LogP contribution >= 0.6 is 186 Å². The van der Waals surface area contributed by atoms with E-state index in [-0.39, 0.29) is 212 Å². The van der Waals surface area contributed by atoms with Gasteiger partial charge in [-0.1, -0.05) is 109 Å². The Morgan fingerprint density at radius 1 is 0.421 bits per heavy atom. The van der Waals surface area contributed by atoms with Crippen LogP contribution in [-0.4, -0.2) is 197 Å². The van der Waals surface area contributed by atoms with Gasteiger partial charge in [-0.05, 0) is 163 Å². The summed E-state index contributed by atoms with van der Waals surface area (Å²) in [6, 6.07) is 74.8. The smallest absolute Gasteiger partial charge is 1.00 e. The summed E-state index contributed by atoms with van der Waals surface area (Å²) in [6.07, 6.45) is 9.97. The summed E-state index contributed by atoms with van der Waals surface area (Å²) in [6.45, 7) is 24.2. The van der Waals surface area contributed by atoms with Crippen LogP contribution in [0, 0.1) is 9.64 Å². The van der Waals surface area contributed by atoms with Crippen molar-refractivity contribution in [3.63, 3.8) is 0 Å². The molecule has 2 atom stereocenters. The van der Waals surface area contributed by atoms with Crippen molar-refractivity contribution in [3.05, 3.63) is 289 Å². The van der Waals surface area contributed by atoms with Gasteiger partial charge < -0.3 is 19.7 Å². The molecule has 2 fully saturated rings. The molecule has 9 aromatic rings. The summed E-state index contributed by atoms with van der Waals surface area (Å²) in [5.41, 5.74) is 6.66. The predicted octanol–water partition coefficient (Wildman–Crippen LogP) is 20.7. The van der Waals surface area contributed by atoms with E-state index in [4.69, 9.17) is 29.3 Å². The fourth-order valence-electron chi connectivity index (χ4n) is 10.2. The van der Waals surface area contributed by atoms with Crippen LogP contribution in [-0.2, 0) is 25.9 Å². The molecular weight excluding hydrogens is 2850 g/mol. The molecule has 2 saturated heterocycles. The van der Waals surface area contributed by atoms with Gasteiger partial charge in [0.1, 0.15) is 9.64 Å². The number of halogens is 13. The SMILES string of the molecule is Brc1ccc(Br)cc1.CC1(C)CCOC(c2ccc(Br)cc2)N1.CCCSC(SCCC)(SCCC)c1cc[c]([Sn][CH3])cc1.CCCSC(SCCC)(SCCC)c1ccc(Br)cc1.F.F.F.F.F.F.O=C(O)c1ccc(I)cc1.O=C([O-])c1cc[c-]cc1.O=C=O.[CH3][Sn][Br].[CH3][Sn][c]1ccc(Br)cc1.[CH3][Sn][c]1ccc(C(=O)O)cc1.[CH3][Sn][c]1ccc(C2NC(C)(C)CCO2)cc1.[Li+].[Li+]. The first kappa shape index (κ1) is 149. The van der Waals surface area contributed by atoms with Crippen molar-refractivity contribution in [1.29, 1.82) is 0 Å². The van der Waals surface area contributed by atoms with Crippen molar-refractivity contribution in [2.24, 2.45) is 0 Å². The summed E-state index contributed by atoms with van der Waals surface area (Å²) < 4.78 is 24.6. The Morgan fingerprint density at radius 3 is 0.880 bits per heavy atom. The minimum absolute atomic E-state index is 0. The number of carbonyl (C=O) groups excluding carboxylic acids is 3. The molecule has 12 nitrogen and oxygen atoms in total. The Bertz CT molecular complexity index is 4330. The molecule has 133 heavy (non-hydrogen) atoms. The third-order valence-corrected chi connectivity index (χ3v) is 42.2. The number of thioether (sulfide) groups is 6. The number of carbonyl (C=O) groups is 3. The molecule has 0 aromatic heterocycles. The summed E-state index contributed by atoms with van der Waals surface area (Å²) >= 11 is 34.2. The van der Waals surface area contributed by atoms with E-state index < -0.39 is 17.9 Å². The Morgan fingerprint density at radius 2 is 0.639 bits per heavy atom. The van der Waals surface area contributed by atoms with Crippen molar-refractivity contribution in [1.82, 2.24) is 10.6 Å². The molecule has 2 unspecified atom stereocenters. The van der Waals surface area contributed by atoms with Crippen molar-refractivity contribution in [2.75, 3.05) is 47.7 Å². The molecule has 2 aliphatic rings. The molecule has 724 valence electrons. The molecule has 0 amide bonds. The Hall–Kier alpha value is 1.09. The number of hydrogen-bond acceptors (Lipinski definition) is 16. The van der Waals surface area contributed by atoms with Gasteiger partial charge >= 0.3 is 500 Å². The maximum atomic E-state index is 10.4. The second kappa shape index (κ2) is 90.6. The van der Waals surface area contributed by atoms with Crippen LogP contribution in [0.15, 0.2) is 241 Å². The summed E-state index contributed by atoms with van der Waals surface area (Å²) in [5, 5.41) is 34.1. The van der Waals surface area contributed by atoms with E-state index in [0.29, 0.717) is 11.1 Å². The number of hydrogen-bond donors (Lipinski definition) is 4. The van der Waals surface area contributed by atoms with E-state index in [2.05, 4.69) is 405 Å². The maximum absolute atomic E-state index is 10.4. The molecule has 0 aliphatic carbocycles.